The first-order chi connectivity index (χ1) is 10.9. The molecule has 0 saturated heterocycles. The van der Waals surface area contributed by atoms with E-state index in [0.717, 1.165) is 18.1 Å². The van der Waals surface area contributed by atoms with Crippen LogP contribution < -0.4 is 4.72 Å². The zero-order chi connectivity index (χ0) is 16.9. The van der Waals surface area contributed by atoms with Crippen molar-refractivity contribution in [3.63, 3.8) is 0 Å². The molecule has 0 spiro atoms. The molecule has 1 N–H and O–H groups in total. The van der Waals surface area contributed by atoms with Crippen molar-refractivity contribution in [1.82, 2.24) is 4.72 Å². The smallest absolute Gasteiger partial charge is 0.258 e. The summed E-state index contributed by atoms with van der Waals surface area (Å²) in [7, 11) is -3.73. The summed E-state index contributed by atoms with van der Waals surface area (Å²) in [6, 6.07) is 13.1. The van der Waals surface area contributed by atoms with E-state index in [1.54, 1.807) is 0 Å². The number of hydrogen-bond acceptors (Lipinski definition) is 4. The topological polar surface area (TPSA) is 89.3 Å². The molecule has 2 rings (SSSR count). The van der Waals surface area contributed by atoms with E-state index in [2.05, 4.69) is 4.72 Å². The summed E-state index contributed by atoms with van der Waals surface area (Å²) in [5.41, 5.74) is 2.08. The van der Waals surface area contributed by atoms with Gasteiger partial charge in [0.2, 0.25) is 10.0 Å². The molecule has 0 fully saturated rings. The van der Waals surface area contributed by atoms with Crippen molar-refractivity contribution in [2.24, 2.45) is 0 Å². The van der Waals surface area contributed by atoms with Gasteiger partial charge in [-0.05, 0) is 31.4 Å². The van der Waals surface area contributed by atoms with Gasteiger partial charge in [-0.2, -0.15) is 0 Å². The van der Waals surface area contributed by atoms with E-state index >= 15 is 0 Å². The van der Waals surface area contributed by atoms with Gasteiger partial charge in [-0.3, -0.25) is 10.1 Å². The Morgan fingerprint density at radius 2 is 1.83 bits per heavy atom. The van der Waals surface area contributed by atoms with Gasteiger partial charge in [0.25, 0.3) is 5.69 Å². The molecule has 7 heteroatoms. The molecule has 2 aromatic carbocycles. The van der Waals surface area contributed by atoms with Gasteiger partial charge in [0.05, 0.1) is 9.82 Å². The van der Waals surface area contributed by atoms with Gasteiger partial charge in [-0.1, -0.05) is 35.9 Å². The lowest BCUT2D eigenvalue weighted by Gasteiger charge is -2.07. The van der Waals surface area contributed by atoms with Crippen LogP contribution in [0.5, 0.6) is 0 Å². The molecular weight excluding hydrogens is 316 g/mol. The first kappa shape index (κ1) is 17.1. The van der Waals surface area contributed by atoms with Crippen molar-refractivity contribution in [2.75, 3.05) is 6.54 Å². The van der Waals surface area contributed by atoms with E-state index in [1.165, 1.54) is 23.8 Å². The minimum atomic E-state index is -3.73. The number of nitro benzene ring substituents is 1. The van der Waals surface area contributed by atoms with Crippen LogP contribution in [0, 0.1) is 17.0 Å². The maximum atomic E-state index is 12.1. The molecule has 0 amide bonds. The average molecular weight is 334 g/mol. The number of non-ortho nitro benzene ring substituents is 1. The lowest BCUT2D eigenvalue weighted by Crippen LogP contribution is -2.25. The zero-order valence-corrected chi connectivity index (χ0v) is 13.5. The van der Waals surface area contributed by atoms with Crippen molar-refractivity contribution >= 4 is 15.7 Å². The molecule has 0 saturated carbocycles. The summed E-state index contributed by atoms with van der Waals surface area (Å²) in [6.45, 7) is 2.29. The van der Waals surface area contributed by atoms with E-state index in [9.17, 15) is 18.5 Å². The van der Waals surface area contributed by atoms with E-state index in [-0.39, 0.29) is 17.1 Å². The molecule has 0 heterocycles. The van der Waals surface area contributed by atoms with Crippen LogP contribution in [0.1, 0.15) is 17.5 Å². The van der Waals surface area contributed by atoms with E-state index < -0.39 is 14.9 Å². The number of hydrogen-bond donors (Lipinski definition) is 1. The molecule has 0 unspecified atom stereocenters. The first-order valence-corrected chi connectivity index (χ1v) is 8.66. The van der Waals surface area contributed by atoms with Gasteiger partial charge < -0.3 is 0 Å². The Hall–Kier alpha value is -2.25. The molecule has 0 bridgehead atoms. The molecule has 0 aliphatic carbocycles. The van der Waals surface area contributed by atoms with Gasteiger partial charge >= 0.3 is 0 Å². The number of nitro groups is 1. The highest BCUT2D eigenvalue weighted by Crippen LogP contribution is 2.17. The number of nitrogens with zero attached hydrogens (tertiary/aromatic N) is 1. The monoisotopic (exact) mass is 334 g/mol. The normalized spacial score (nSPS) is 11.3. The molecule has 0 radical (unpaired) electrons. The molecule has 6 nitrogen and oxygen atoms in total. The lowest BCUT2D eigenvalue weighted by atomic mass is 10.1. The van der Waals surface area contributed by atoms with Gasteiger partial charge in [0, 0.05) is 18.7 Å². The molecule has 0 aromatic heterocycles. The lowest BCUT2D eigenvalue weighted by molar-refractivity contribution is -0.385. The van der Waals surface area contributed by atoms with Crippen LogP contribution in [0.15, 0.2) is 53.4 Å². The van der Waals surface area contributed by atoms with E-state index in [4.69, 9.17) is 0 Å². The highest BCUT2D eigenvalue weighted by Gasteiger charge is 2.16. The van der Waals surface area contributed by atoms with Crippen molar-refractivity contribution in [2.45, 2.75) is 24.7 Å². The second-order valence-corrected chi connectivity index (χ2v) is 7.01. The third kappa shape index (κ3) is 4.87. The van der Waals surface area contributed by atoms with Crippen LogP contribution in [0.3, 0.4) is 0 Å². The van der Waals surface area contributed by atoms with Crippen LogP contribution in [0.4, 0.5) is 5.69 Å². The Balaban J connectivity index is 1.92. The quantitative estimate of drug-likeness (QED) is 0.479. The summed E-state index contributed by atoms with van der Waals surface area (Å²) in [4.78, 5) is 10.0. The summed E-state index contributed by atoms with van der Waals surface area (Å²) >= 11 is 0. The SMILES string of the molecule is Cc1ccc(CCCNS(=O)(=O)c2cccc([N+](=O)[O-])c2)cc1. The van der Waals surface area contributed by atoms with Crippen LogP contribution in [0.25, 0.3) is 0 Å². The first-order valence-electron chi connectivity index (χ1n) is 7.18. The summed E-state index contributed by atoms with van der Waals surface area (Å²) in [5.74, 6) is 0. The summed E-state index contributed by atoms with van der Waals surface area (Å²) < 4.78 is 26.7. The van der Waals surface area contributed by atoms with Gasteiger partial charge in [0.1, 0.15) is 0 Å². The highest BCUT2D eigenvalue weighted by molar-refractivity contribution is 7.89. The molecule has 0 aliphatic rings. The largest absolute Gasteiger partial charge is 0.270 e. The molecule has 2 aromatic rings. The summed E-state index contributed by atoms with van der Waals surface area (Å²) in [5, 5.41) is 10.7. The van der Waals surface area contributed by atoms with Crippen LogP contribution in [0.2, 0.25) is 0 Å². The van der Waals surface area contributed by atoms with Gasteiger partial charge in [-0.25, -0.2) is 13.1 Å². The third-order valence-electron chi connectivity index (χ3n) is 3.39. The number of nitrogens with one attached hydrogen (secondary N) is 1. The Morgan fingerprint density at radius 1 is 1.13 bits per heavy atom. The molecular formula is C16H18N2O4S. The number of aryl methyl sites for hydroxylation is 2. The Kier molecular flexibility index (Phi) is 5.46. The fraction of sp³-hybridized carbons (Fsp3) is 0.250. The maximum absolute atomic E-state index is 12.1. The minimum absolute atomic E-state index is 0.0953. The second-order valence-electron chi connectivity index (χ2n) is 5.24. The Labute approximate surface area is 135 Å². The number of rotatable bonds is 7. The Morgan fingerprint density at radius 3 is 2.48 bits per heavy atom. The zero-order valence-electron chi connectivity index (χ0n) is 12.7. The third-order valence-corrected chi connectivity index (χ3v) is 4.85. The molecule has 0 aliphatic heterocycles. The fourth-order valence-corrected chi connectivity index (χ4v) is 3.21. The summed E-state index contributed by atoms with van der Waals surface area (Å²) in [6.07, 6.45) is 1.41. The molecule has 0 atom stereocenters. The Bertz CT molecular complexity index is 786. The number of sulfonamides is 1. The van der Waals surface area contributed by atoms with E-state index in [0.29, 0.717) is 6.42 Å². The predicted molar refractivity (Wildman–Crippen MR) is 87.8 cm³/mol. The van der Waals surface area contributed by atoms with Gasteiger partial charge in [0.15, 0.2) is 0 Å². The second kappa shape index (κ2) is 7.34. The average Bonchev–Trinajstić information content (AvgIpc) is 2.53. The highest BCUT2D eigenvalue weighted by atomic mass is 32.2. The minimum Gasteiger partial charge on any atom is -0.258 e. The number of benzene rings is 2. The van der Waals surface area contributed by atoms with Crippen molar-refractivity contribution in [3.8, 4) is 0 Å². The fourth-order valence-electron chi connectivity index (χ4n) is 2.10. The molecule has 122 valence electrons. The van der Waals surface area contributed by atoms with Crippen LogP contribution in [-0.4, -0.2) is 19.9 Å². The van der Waals surface area contributed by atoms with Crippen molar-refractivity contribution < 1.29 is 13.3 Å². The van der Waals surface area contributed by atoms with Crippen LogP contribution in [-0.2, 0) is 16.4 Å². The maximum Gasteiger partial charge on any atom is 0.270 e. The predicted octanol–water partition coefficient (Wildman–Crippen LogP) is 2.81. The van der Waals surface area contributed by atoms with Crippen LogP contribution >= 0.6 is 0 Å². The molecule has 23 heavy (non-hydrogen) atoms. The standard InChI is InChI=1S/C16H18N2O4S/c1-13-7-9-14(10-8-13)4-3-11-17-23(21,22)16-6-2-5-15(12-16)18(19)20/h2,5-10,12,17H,3-4,11H2,1H3. The van der Waals surface area contributed by atoms with Gasteiger partial charge in [-0.15, -0.1) is 0 Å². The van der Waals surface area contributed by atoms with Crippen molar-refractivity contribution in [3.05, 3.63) is 69.8 Å². The van der Waals surface area contributed by atoms with E-state index in [1.807, 2.05) is 31.2 Å². The van der Waals surface area contributed by atoms with Crippen molar-refractivity contribution in [1.29, 1.82) is 0 Å².